The molecule has 98 valence electrons. The Hall–Kier alpha value is -1.39. The third-order valence-corrected chi connectivity index (χ3v) is 3.20. The molecule has 3 N–H and O–H groups in total. The third kappa shape index (κ3) is 2.89. The van der Waals surface area contributed by atoms with Crippen molar-refractivity contribution in [3.8, 4) is 0 Å². The van der Waals surface area contributed by atoms with Crippen LogP contribution in [0.2, 0.25) is 0 Å². The van der Waals surface area contributed by atoms with Crippen molar-refractivity contribution < 1.29 is 9.53 Å². The topological polar surface area (TPSA) is 64.3 Å². The SMILES string of the molecule is CC(C)(CCN)NC(=O)c1ccc2c(c1)COC2. The second-order valence-electron chi connectivity index (χ2n) is 5.35. The minimum atomic E-state index is -0.276. The number of carbonyl (C=O) groups excluding carboxylic acids is 1. The Morgan fingerprint density at radius 1 is 1.39 bits per heavy atom. The van der Waals surface area contributed by atoms with E-state index in [9.17, 15) is 4.79 Å². The summed E-state index contributed by atoms with van der Waals surface area (Å²) in [5.74, 6) is -0.0526. The van der Waals surface area contributed by atoms with Gasteiger partial charge in [-0.05, 0) is 50.1 Å². The van der Waals surface area contributed by atoms with Crippen LogP contribution in [0, 0.1) is 0 Å². The van der Waals surface area contributed by atoms with E-state index in [1.807, 2.05) is 32.0 Å². The molecule has 0 radical (unpaired) electrons. The molecule has 1 aliphatic heterocycles. The Morgan fingerprint density at radius 2 is 2.11 bits per heavy atom. The lowest BCUT2D eigenvalue weighted by molar-refractivity contribution is 0.0910. The van der Waals surface area contributed by atoms with Crippen molar-refractivity contribution in [2.45, 2.75) is 39.0 Å². The maximum atomic E-state index is 12.1. The van der Waals surface area contributed by atoms with Crippen LogP contribution in [0.5, 0.6) is 0 Å². The van der Waals surface area contributed by atoms with Gasteiger partial charge in [-0.15, -0.1) is 0 Å². The monoisotopic (exact) mass is 248 g/mol. The molecule has 18 heavy (non-hydrogen) atoms. The summed E-state index contributed by atoms with van der Waals surface area (Å²) in [6, 6.07) is 5.73. The number of amides is 1. The Morgan fingerprint density at radius 3 is 2.83 bits per heavy atom. The van der Waals surface area contributed by atoms with Gasteiger partial charge in [0.15, 0.2) is 0 Å². The molecular weight excluding hydrogens is 228 g/mol. The number of hydrogen-bond acceptors (Lipinski definition) is 3. The predicted octanol–water partition coefficient (Wildman–Crippen LogP) is 1.57. The molecule has 0 aromatic heterocycles. The fourth-order valence-corrected chi connectivity index (χ4v) is 2.12. The van der Waals surface area contributed by atoms with Crippen molar-refractivity contribution in [2.24, 2.45) is 5.73 Å². The van der Waals surface area contributed by atoms with Crippen molar-refractivity contribution in [2.75, 3.05) is 6.54 Å². The molecule has 1 aliphatic rings. The molecular formula is C14H20N2O2. The molecule has 4 nitrogen and oxygen atoms in total. The van der Waals surface area contributed by atoms with Gasteiger partial charge in [-0.2, -0.15) is 0 Å². The standard InChI is InChI=1S/C14H20N2O2/c1-14(2,5-6-15)16-13(17)10-3-4-11-8-18-9-12(11)7-10/h3-4,7H,5-6,8-9,15H2,1-2H3,(H,16,17). The van der Waals surface area contributed by atoms with Crippen molar-refractivity contribution >= 4 is 5.91 Å². The Labute approximate surface area is 108 Å². The lowest BCUT2D eigenvalue weighted by atomic mass is 9.99. The van der Waals surface area contributed by atoms with Crippen molar-refractivity contribution in [3.05, 3.63) is 34.9 Å². The number of benzene rings is 1. The van der Waals surface area contributed by atoms with Gasteiger partial charge in [0, 0.05) is 11.1 Å². The van der Waals surface area contributed by atoms with Gasteiger partial charge in [-0.3, -0.25) is 4.79 Å². The van der Waals surface area contributed by atoms with Gasteiger partial charge in [0.2, 0.25) is 0 Å². The number of rotatable bonds is 4. The van der Waals surface area contributed by atoms with E-state index in [1.54, 1.807) is 0 Å². The number of hydrogen-bond donors (Lipinski definition) is 2. The molecule has 2 rings (SSSR count). The largest absolute Gasteiger partial charge is 0.372 e. The van der Waals surface area contributed by atoms with E-state index in [-0.39, 0.29) is 11.4 Å². The predicted molar refractivity (Wildman–Crippen MR) is 70.2 cm³/mol. The molecule has 0 saturated carbocycles. The maximum Gasteiger partial charge on any atom is 0.251 e. The van der Waals surface area contributed by atoms with E-state index in [0.717, 1.165) is 12.0 Å². The molecule has 0 unspecified atom stereocenters. The highest BCUT2D eigenvalue weighted by Crippen LogP contribution is 2.21. The first-order valence-corrected chi connectivity index (χ1v) is 6.24. The number of ether oxygens (including phenoxy) is 1. The minimum absolute atomic E-state index is 0.0526. The first kappa shape index (κ1) is 13.1. The summed E-state index contributed by atoms with van der Waals surface area (Å²) < 4.78 is 5.34. The fraction of sp³-hybridized carbons (Fsp3) is 0.500. The Bertz CT molecular complexity index is 455. The lowest BCUT2D eigenvalue weighted by Crippen LogP contribution is -2.44. The average Bonchev–Trinajstić information content (AvgIpc) is 2.74. The van der Waals surface area contributed by atoms with Crippen LogP contribution in [0.15, 0.2) is 18.2 Å². The Kier molecular flexibility index (Phi) is 3.68. The fourth-order valence-electron chi connectivity index (χ4n) is 2.12. The zero-order chi connectivity index (χ0) is 13.2. The zero-order valence-electron chi connectivity index (χ0n) is 11.0. The molecule has 1 heterocycles. The number of nitrogens with two attached hydrogens (primary N) is 1. The van der Waals surface area contributed by atoms with Crippen LogP contribution >= 0.6 is 0 Å². The van der Waals surface area contributed by atoms with Crippen LogP contribution in [0.1, 0.15) is 41.8 Å². The Balaban J connectivity index is 2.10. The molecule has 0 saturated heterocycles. The van der Waals surface area contributed by atoms with Gasteiger partial charge in [0.1, 0.15) is 0 Å². The molecule has 0 atom stereocenters. The van der Waals surface area contributed by atoms with Crippen LogP contribution in [-0.2, 0) is 18.0 Å². The summed E-state index contributed by atoms with van der Waals surface area (Å²) in [5, 5.41) is 3.00. The summed E-state index contributed by atoms with van der Waals surface area (Å²) in [6.45, 7) is 5.77. The van der Waals surface area contributed by atoms with Gasteiger partial charge >= 0.3 is 0 Å². The molecule has 1 amide bonds. The van der Waals surface area contributed by atoms with E-state index in [4.69, 9.17) is 10.5 Å². The second-order valence-corrected chi connectivity index (χ2v) is 5.35. The van der Waals surface area contributed by atoms with Gasteiger partial charge in [-0.1, -0.05) is 6.07 Å². The van der Waals surface area contributed by atoms with Crippen molar-refractivity contribution in [1.29, 1.82) is 0 Å². The van der Waals surface area contributed by atoms with E-state index in [1.165, 1.54) is 5.56 Å². The molecule has 0 fully saturated rings. The normalized spacial score (nSPS) is 14.4. The summed E-state index contributed by atoms with van der Waals surface area (Å²) >= 11 is 0. The smallest absolute Gasteiger partial charge is 0.251 e. The molecule has 0 bridgehead atoms. The molecule has 1 aromatic rings. The molecule has 4 heteroatoms. The van der Waals surface area contributed by atoms with Crippen LogP contribution in [0.3, 0.4) is 0 Å². The van der Waals surface area contributed by atoms with Gasteiger partial charge in [-0.25, -0.2) is 0 Å². The zero-order valence-corrected chi connectivity index (χ0v) is 11.0. The second kappa shape index (κ2) is 5.08. The summed E-state index contributed by atoms with van der Waals surface area (Å²) in [5.41, 5.74) is 8.23. The van der Waals surface area contributed by atoms with Crippen molar-refractivity contribution in [3.63, 3.8) is 0 Å². The van der Waals surface area contributed by atoms with Crippen LogP contribution < -0.4 is 11.1 Å². The third-order valence-electron chi connectivity index (χ3n) is 3.20. The number of carbonyl (C=O) groups is 1. The first-order chi connectivity index (χ1) is 8.52. The highest BCUT2D eigenvalue weighted by atomic mass is 16.5. The van der Waals surface area contributed by atoms with E-state index in [0.29, 0.717) is 25.3 Å². The van der Waals surface area contributed by atoms with Gasteiger partial charge in [0.25, 0.3) is 5.91 Å². The molecule has 1 aromatic carbocycles. The van der Waals surface area contributed by atoms with Gasteiger partial charge in [0.05, 0.1) is 13.2 Å². The van der Waals surface area contributed by atoms with Crippen LogP contribution in [0.4, 0.5) is 0 Å². The summed E-state index contributed by atoms with van der Waals surface area (Å²) in [6.07, 6.45) is 0.757. The van der Waals surface area contributed by atoms with E-state index in [2.05, 4.69) is 5.32 Å². The highest BCUT2D eigenvalue weighted by Gasteiger charge is 2.21. The highest BCUT2D eigenvalue weighted by molar-refractivity contribution is 5.95. The quantitative estimate of drug-likeness (QED) is 0.850. The molecule has 0 spiro atoms. The summed E-state index contributed by atoms with van der Waals surface area (Å²) in [4.78, 5) is 12.1. The van der Waals surface area contributed by atoms with E-state index < -0.39 is 0 Å². The lowest BCUT2D eigenvalue weighted by Gasteiger charge is -2.25. The number of nitrogens with one attached hydrogen (secondary N) is 1. The average molecular weight is 248 g/mol. The van der Waals surface area contributed by atoms with Crippen molar-refractivity contribution in [1.82, 2.24) is 5.32 Å². The minimum Gasteiger partial charge on any atom is -0.372 e. The number of fused-ring (bicyclic) bond motifs is 1. The van der Waals surface area contributed by atoms with E-state index >= 15 is 0 Å². The maximum absolute atomic E-state index is 12.1. The summed E-state index contributed by atoms with van der Waals surface area (Å²) in [7, 11) is 0. The van der Waals surface area contributed by atoms with Gasteiger partial charge < -0.3 is 15.8 Å². The molecule has 0 aliphatic carbocycles. The first-order valence-electron chi connectivity index (χ1n) is 6.24. The van der Waals surface area contributed by atoms with Crippen LogP contribution in [-0.4, -0.2) is 18.0 Å². The van der Waals surface area contributed by atoms with Crippen LogP contribution in [0.25, 0.3) is 0 Å².